The van der Waals surface area contributed by atoms with E-state index < -0.39 is 0 Å². The second kappa shape index (κ2) is 7.91. The van der Waals surface area contributed by atoms with Gasteiger partial charge >= 0.3 is 0 Å². The lowest BCUT2D eigenvalue weighted by molar-refractivity contribution is 0.0839. The minimum atomic E-state index is -0.363. The summed E-state index contributed by atoms with van der Waals surface area (Å²) in [5.74, 6) is 0.675. The van der Waals surface area contributed by atoms with Crippen LogP contribution in [-0.2, 0) is 4.84 Å². The molecule has 1 atom stereocenters. The molecule has 25 heavy (non-hydrogen) atoms. The van der Waals surface area contributed by atoms with Crippen LogP contribution in [0.1, 0.15) is 47.5 Å². The molecule has 0 bridgehead atoms. The van der Waals surface area contributed by atoms with Crippen LogP contribution in [0, 0.1) is 0 Å². The Labute approximate surface area is 161 Å². The highest BCUT2D eigenvalue weighted by molar-refractivity contribution is 7.10. The molecule has 3 heterocycles. The fraction of sp³-hybridized carbons (Fsp3) is 0.412. The number of halogens is 2. The number of hydrogen-bond donors (Lipinski definition) is 2. The average molecular weight is 400 g/mol. The third kappa shape index (κ3) is 3.77. The number of nitrogens with zero attached hydrogens (tertiary/aromatic N) is 2. The Bertz CT molecular complexity index is 755. The molecule has 134 valence electrons. The van der Waals surface area contributed by atoms with Crippen LogP contribution in [0.3, 0.4) is 0 Å². The van der Waals surface area contributed by atoms with E-state index in [2.05, 4.69) is 10.5 Å². The zero-order chi connectivity index (χ0) is 16.5. The van der Waals surface area contributed by atoms with Crippen LogP contribution < -0.4 is 5.32 Å². The lowest BCUT2D eigenvalue weighted by atomic mass is 9.99. The maximum Gasteiger partial charge on any atom is 0.163 e. The summed E-state index contributed by atoms with van der Waals surface area (Å²) in [6, 6.07) is 5.07. The molecule has 2 aliphatic heterocycles. The van der Waals surface area contributed by atoms with E-state index in [1.54, 1.807) is 29.5 Å². The molecule has 0 aliphatic carbocycles. The van der Waals surface area contributed by atoms with Crippen LogP contribution >= 0.6 is 35.3 Å². The summed E-state index contributed by atoms with van der Waals surface area (Å²) in [5, 5.41) is 21.3. The third-order valence-corrected chi connectivity index (χ3v) is 5.86. The van der Waals surface area contributed by atoms with Crippen molar-refractivity contribution < 1.29 is 9.94 Å². The van der Waals surface area contributed by atoms with Gasteiger partial charge in [0.15, 0.2) is 6.10 Å². The third-order valence-electron chi connectivity index (χ3n) is 4.53. The molecule has 4 rings (SSSR count). The van der Waals surface area contributed by atoms with Crippen LogP contribution in [0.5, 0.6) is 5.75 Å². The van der Waals surface area contributed by atoms with Gasteiger partial charge in [-0.05, 0) is 38.1 Å². The van der Waals surface area contributed by atoms with Crippen molar-refractivity contribution in [3.63, 3.8) is 0 Å². The second-order valence-corrected chi connectivity index (χ2v) is 7.40. The number of hydrogen-bond acceptors (Lipinski definition) is 6. The highest BCUT2D eigenvalue weighted by Crippen LogP contribution is 2.39. The summed E-state index contributed by atoms with van der Waals surface area (Å²) in [4.78, 5) is 10.3. The Hall–Kier alpha value is -1.34. The zero-order valence-electron chi connectivity index (χ0n) is 13.4. The smallest absolute Gasteiger partial charge is 0.163 e. The van der Waals surface area contributed by atoms with Crippen LogP contribution in [-0.4, -0.2) is 28.9 Å². The van der Waals surface area contributed by atoms with E-state index >= 15 is 0 Å². The molecule has 2 N–H and O–H groups in total. The molecule has 1 aromatic heterocycles. The Kier molecular flexibility index (Phi) is 5.84. The van der Waals surface area contributed by atoms with Crippen molar-refractivity contribution in [3.05, 3.63) is 44.9 Å². The van der Waals surface area contributed by atoms with E-state index in [1.165, 1.54) is 5.01 Å². The first-order valence-corrected chi connectivity index (χ1v) is 9.34. The summed E-state index contributed by atoms with van der Waals surface area (Å²) >= 11 is 7.89. The number of oxime groups is 1. The van der Waals surface area contributed by atoms with Crippen LogP contribution in [0.25, 0.3) is 0 Å². The minimum Gasteiger partial charge on any atom is -0.507 e. The number of benzene rings is 1. The molecule has 0 radical (unpaired) electrons. The fourth-order valence-corrected chi connectivity index (χ4v) is 4.50. The van der Waals surface area contributed by atoms with E-state index in [0.717, 1.165) is 37.3 Å². The first-order valence-electron chi connectivity index (χ1n) is 8.09. The largest absolute Gasteiger partial charge is 0.507 e. The molecule has 1 unspecified atom stereocenters. The van der Waals surface area contributed by atoms with Gasteiger partial charge in [-0.25, -0.2) is 4.98 Å². The number of phenolic OH excluding ortho intramolecular Hbond substituents is 1. The van der Waals surface area contributed by atoms with Crippen molar-refractivity contribution in [3.8, 4) is 5.75 Å². The molecule has 2 aromatic rings. The molecular formula is C17H19Cl2N3O2S. The Morgan fingerprint density at radius 1 is 1.28 bits per heavy atom. The van der Waals surface area contributed by atoms with Gasteiger partial charge in [0.25, 0.3) is 0 Å². The lowest BCUT2D eigenvalue weighted by Crippen LogP contribution is -2.26. The maximum atomic E-state index is 10.0. The van der Waals surface area contributed by atoms with Gasteiger partial charge in [-0.1, -0.05) is 22.8 Å². The van der Waals surface area contributed by atoms with Gasteiger partial charge in [-0.3, -0.25) is 0 Å². The quantitative estimate of drug-likeness (QED) is 0.808. The zero-order valence-corrected chi connectivity index (χ0v) is 15.8. The maximum absolute atomic E-state index is 10.0. The predicted octanol–water partition coefficient (Wildman–Crippen LogP) is 4.26. The Morgan fingerprint density at radius 3 is 2.84 bits per heavy atom. The first-order chi connectivity index (χ1) is 11.7. The molecule has 1 fully saturated rings. The molecule has 1 saturated heterocycles. The molecule has 1 aromatic carbocycles. The molecular weight excluding hydrogens is 381 g/mol. The number of thiazole rings is 1. The number of aromatic nitrogens is 1. The molecule has 0 spiro atoms. The monoisotopic (exact) mass is 399 g/mol. The van der Waals surface area contributed by atoms with Crippen molar-refractivity contribution >= 4 is 41.1 Å². The molecule has 5 nitrogen and oxygen atoms in total. The van der Waals surface area contributed by atoms with E-state index in [1.807, 2.05) is 5.38 Å². The van der Waals surface area contributed by atoms with Crippen LogP contribution in [0.2, 0.25) is 5.02 Å². The van der Waals surface area contributed by atoms with Crippen molar-refractivity contribution in [1.82, 2.24) is 10.3 Å². The number of aromatic hydroxyl groups is 1. The standard InChI is InChI=1S/C17H18ClN3O2S.ClH/c18-11-2-1-3-14(22)16(11)15-8-12(21-23-15)13-9-24-17(20-13)10-4-6-19-7-5-10;/h1-3,9-10,15,19,22H,4-8H2;1H. The lowest BCUT2D eigenvalue weighted by Gasteiger charge is -2.20. The Balaban J connectivity index is 0.00000182. The van der Waals surface area contributed by atoms with Gasteiger partial charge in [0.1, 0.15) is 11.5 Å². The molecule has 8 heteroatoms. The molecule has 0 saturated carbocycles. The summed E-state index contributed by atoms with van der Waals surface area (Å²) < 4.78 is 0. The van der Waals surface area contributed by atoms with E-state index in [9.17, 15) is 5.11 Å². The normalized spacial score (nSPS) is 20.7. The average Bonchev–Trinajstić information content (AvgIpc) is 3.25. The van der Waals surface area contributed by atoms with Gasteiger partial charge in [0.05, 0.1) is 21.3 Å². The van der Waals surface area contributed by atoms with E-state index in [0.29, 0.717) is 22.9 Å². The van der Waals surface area contributed by atoms with E-state index in [4.69, 9.17) is 21.4 Å². The minimum absolute atomic E-state index is 0. The van der Waals surface area contributed by atoms with Gasteiger partial charge in [0.2, 0.25) is 0 Å². The van der Waals surface area contributed by atoms with Gasteiger partial charge in [-0.2, -0.15) is 0 Å². The molecule has 0 amide bonds. The van der Waals surface area contributed by atoms with E-state index in [-0.39, 0.29) is 24.3 Å². The topological polar surface area (TPSA) is 66.7 Å². The fourth-order valence-electron chi connectivity index (χ4n) is 3.20. The highest BCUT2D eigenvalue weighted by atomic mass is 35.5. The Morgan fingerprint density at radius 2 is 2.08 bits per heavy atom. The number of nitrogens with one attached hydrogen (secondary N) is 1. The predicted molar refractivity (Wildman–Crippen MR) is 102 cm³/mol. The van der Waals surface area contributed by atoms with Gasteiger partial charge in [-0.15, -0.1) is 23.7 Å². The highest BCUT2D eigenvalue weighted by Gasteiger charge is 2.30. The molecule has 2 aliphatic rings. The summed E-state index contributed by atoms with van der Waals surface area (Å²) in [7, 11) is 0. The number of rotatable bonds is 3. The van der Waals surface area contributed by atoms with Gasteiger partial charge < -0.3 is 15.3 Å². The first kappa shape index (κ1) is 18.5. The number of piperidine rings is 1. The van der Waals surface area contributed by atoms with Crippen LogP contribution in [0.15, 0.2) is 28.7 Å². The summed E-state index contributed by atoms with van der Waals surface area (Å²) in [6.07, 6.45) is 2.46. The SMILES string of the molecule is Cl.Oc1cccc(Cl)c1C1CC(c2csc(C3CCNCC3)n2)=NO1. The summed E-state index contributed by atoms with van der Waals surface area (Å²) in [6.45, 7) is 2.11. The summed E-state index contributed by atoms with van der Waals surface area (Å²) in [5.41, 5.74) is 2.28. The van der Waals surface area contributed by atoms with Crippen molar-refractivity contribution in [1.29, 1.82) is 0 Å². The van der Waals surface area contributed by atoms with Crippen molar-refractivity contribution in [2.45, 2.75) is 31.3 Å². The number of phenols is 1. The van der Waals surface area contributed by atoms with Gasteiger partial charge in [0, 0.05) is 17.7 Å². The second-order valence-electron chi connectivity index (χ2n) is 6.10. The van der Waals surface area contributed by atoms with Crippen LogP contribution in [0.4, 0.5) is 0 Å². The van der Waals surface area contributed by atoms with Crippen molar-refractivity contribution in [2.75, 3.05) is 13.1 Å². The van der Waals surface area contributed by atoms with Crippen molar-refractivity contribution in [2.24, 2.45) is 5.16 Å².